The lowest BCUT2D eigenvalue weighted by atomic mass is 10.1. The normalized spacial score (nSPS) is 15.4. The van der Waals surface area contributed by atoms with Gasteiger partial charge in [-0.15, -0.1) is 0 Å². The summed E-state index contributed by atoms with van der Waals surface area (Å²) in [7, 11) is 0. The van der Waals surface area contributed by atoms with Gasteiger partial charge in [-0.25, -0.2) is 4.79 Å². The van der Waals surface area contributed by atoms with Crippen LogP contribution in [0.3, 0.4) is 0 Å². The molecule has 1 atom stereocenters. The molecule has 2 aromatic carbocycles. The lowest BCUT2D eigenvalue weighted by molar-refractivity contribution is -0.147. The Kier molecular flexibility index (Phi) is 6.12. The molecule has 0 bridgehead atoms. The number of esters is 2. The van der Waals surface area contributed by atoms with E-state index in [1.54, 1.807) is 18.2 Å². The van der Waals surface area contributed by atoms with Crippen LogP contribution in [0.25, 0.3) is 0 Å². The Bertz CT molecular complexity index is 1120. The van der Waals surface area contributed by atoms with Crippen LogP contribution in [0.5, 0.6) is 5.75 Å². The molecule has 1 aliphatic rings. The number of amides is 1. The molecule has 8 nitrogen and oxygen atoms in total. The van der Waals surface area contributed by atoms with Gasteiger partial charge in [0.15, 0.2) is 12.4 Å². The molecule has 1 amide bonds. The molecule has 3 aromatic rings. The van der Waals surface area contributed by atoms with Gasteiger partial charge in [-0.1, -0.05) is 18.2 Å². The highest BCUT2D eigenvalue weighted by atomic mass is 16.5. The van der Waals surface area contributed by atoms with Crippen LogP contribution >= 0.6 is 0 Å². The van der Waals surface area contributed by atoms with E-state index < -0.39 is 30.2 Å². The van der Waals surface area contributed by atoms with Gasteiger partial charge in [-0.05, 0) is 48.5 Å². The van der Waals surface area contributed by atoms with Crippen LogP contribution in [-0.4, -0.2) is 36.8 Å². The first-order chi connectivity index (χ1) is 15.5. The van der Waals surface area contributed by atoms with Crippen molar-refractivity contribution in [2.45, 2.75) is 6.42 Å². The summed E-state index contributed by atoms with van der Waals surface area (Å²) in [4.78, 5) is 50.4. The third-order valence-corrected chi connectivity index (χ3v) is 4.98. The highest BCUT2D eigenvalue weighted by molar-refractivity contribution is 6.01. The smallest absolute Gasteiger partial charge is 0.379 e. The summed E-state index contributed by atoms with van der Waals surface area (Å²) < 4.78 is 15.3. The Balaban J connectivity index is 1.28. The molecule has 0 spiro atoms. The van der Waals surface area contributed by atoms with Crippen molar-refractivity contribution in [1.82, 2.24) is 0 Å². The average molecular weight is 433 g/mol. The molecule has 0 radical (unpaired) electrons. The van der Waals surface area contributed by atoms with E-state index in [9.17, 15) is 19.2 Å². The number of rotatable bonds is 7. The lowest BCUT2D eigenvalue weighted by Crippen LogP contribution is -2.27. The van der Waals surface area contributed by atoms with Crippen LogP contribution in [0.1, 0.15) is 27.3 Å². The minimum Gasteiger partial charge on any atom is -0.457 e. The van der Waals surface area contributed by atoms with Crippen LogP contribution in [0.2, 0.25) is 0 Å². The molecule has 2 heterocycles. The van der Waals surface area contributed by atoms with Gasteiger partial charge in [0.1, 0.15) is 5.75 Å². The van der Waals surface area contributed by atoms with Gasteiger partial charge < -0.3 is 18.8 Å². The van der Waals surface area contributed by atoms with Crippen molar-refractivity contribution < 1.29 is 33.1 Å². The Morgan fingerprint density at radius 1 is 0.969 bits per heavy atom. The summed E-state index contributed by atoms with van der Waals surface area (Å²) in [5.74, 6) is -2.14. The molecular weight excluding hydrogens is 414 g/mol. The fourth-order valence-corrected chi connectivity index (χ4v) is 3.32. The van der Waals surface area contributed by atoms with Crippen LogP contribution in [0, 0.1) is 5.92 Å². The number of furan rings is 1. The highest BCUT2D eigenvalue weighted by Crippen LogP contribution is 2.25. The summed E-state index contributed by atoms with van der Waals surface area (Å²) in [6, 6.07) is 18.0. The molecule has 1 saturated heterocycles. The molecule has 1 aliphatic heterocycles. The van der Waals surface area contributed by atoms with Crippen LogP contribution in [0.4, 0.5) is 5.69 Å². The summed E-state index contributed by atoms with van der Waals surface area (Å²) >= 11 is 0. The molecule has 0 unspecified atom stereocenters. The highest BCUT2D eigenvalue weighted by Gasteiger charge is 2.36. The molecule has 8 heteroatoms. The second-order valence-corrected chi connectivity index (χ2v) is 7.16. The molecule has 0 N–H and O–H groups in total. The number of hydrogen-bond acceptors (Lipinski definition) is 7. The first kappa shape index (κ1) is 21.0. The van der Waals surface area contributed by atoms with Gasteiger partial charge in [0.05, 0.1) is 12.2 Å². The topological polar surface area (TPSA) is 103 Å². The molecule has 0 aliphatic carbocycles. The van der Waals surface area contributed by atoms with Gasteiger partial charge in [0.2, 0.25) is 11.7 Å². The molecular formula is C24H19NO7. The van der Waals surface area contributed by atoms with E-state index in [1.165, 1.54) is 41.5 Å². The molecule has 32 heavy (non-hydrogen) atoms. The number of Topliss-reactive ketones (excluding diaryl/α,β-unsaturated/α-hetero) is 1. The lowest BCUT2D eigenvalue weighted by Gasteiger charge is -2.16. The van der Waals surface area contributed by atoms with E-state index in [1.807, 2.05) is 18.2 Å². The fraction of sp³-hybridized carbons (Fsp3) is 0.167. The van der Waals surface area contributed by atoms with Crippen LogP contribution in [0.15, 0.2) is 77.4 Å². The summed E-state index contributed by atoms with van der Waals surface area (Å²) in [6.07, 6.45) is 1.40. The summed E-state index contributed by atoms with van der Waals surface area (Å²) in [5, 5.41) is 0. The SMILES string of the molecule is O=C(COC(=O)[C@H]1CC(=O)N(c2ccccc2)C1)c1ccc(OC(=O)c2ccco2)cc1. The number of nitrogens with zero attached hydrogens (tertiary/aromatic N) is 1. The predicted molar refractivity (Wildman–Crippen MR) is 112 cm³/mol. The van der Waals surface area contributed by atoms with Crippen molar-refractivity contribution in [1.29, 1.82) is 0 Å². The number of carbonyl (C=O) groups is 4. The first-order valence-corrected chi connectivity index (χ1v) is 9.92. The van der Waals surface area contributed by atoms with Gasteiger partial charge >= 0.3 is 11.9 Å². The predicted octanol–water partition coefficient (Wildman–Crippen LogP) is 3.28. The largest absolute Gasteiger partial charge is 0.457 e. The molecule has 0 saturated carbocycles. The standard InChI is InChI=1S/C24H19NO7/c26-20(16-8-10-19(11-9-16)32-24(29)21-7-4-12-30-21)15-31-23(28)17-13-22(27)25(14-17)18-5-2-1-3-6-18/h1-12,17H,13-15H2/t17-/m0/s1. The van der Waals surface area contributed by atoms with Crippen LogP contribution < -0.4 is 9.64 Å². The van der Waals surface area contributed by atoms with Gasteiger partial charge in [-0.3, -0.25) is 14.4 Å². The second-order valence-electron chi connectivity index (χ2n) is 7.16. The zero-order chi connectivity index (χ0) is 22.5. The maximum atomic E-state index is 12.4. The van der Waals surface area contributed by atoms with Crippen molar-refractivity contribution in [3.05, 3.63) is 84.3 Å². The Morgan fingerprint density at radius 3 is 2.41 bits per heavy atom. The van der Waals surface area contributed by atoms with E-state index in [-0.39, 0.29) is 30.4 Å². The zero-order valence-corrected chi connectivity index (χ0v) is 16.9. The molecule has 4 rings (SSSR count). The number of para-hydroxylation sites is 1. The molecule has 1 aromatic heterocycles. The number of ketones is 1. The van der Waals surface area contributed by atoms with E-state index in [0.29, 0.717) is 5.56 Å². The number of benzene rings is 2. The third kappa shape index (κ3) is 4.75. The number of hydrogen-bond donors (Lipinski definition) is 0. The van der Waals surface area contributed by atoms with Crippen molar-refractivity contribution in [2.75, 3.05) is 18.1 Å². The van der Waals surface area contributed by atoms with Crippen LogP contribution in [-0.2, 0) is 14.3 Å². The molecule has 162 valence electrons. The quantitative estimate of drug-likeness (QED) is 0.320. The minimum atomic E-state index is -0.654. The fourth-order valence-electron chi connectivity index (χ4n) is 3.32. The van der Waals surface area contributed by atoms with E-state index in [0.717, 1.165) is 5.69 Å². The number of anilines is 1. The zero-order valence-electron chi connectivity index (χ0n) is 16.9. The monoisotopic (exact) mass is 433 g/mol. The van der Waals surface area contributed by atoms with Crippen molar-refractivity contribution in [3.8, 4) is 5.75 Å². The van der Waals surface area contributed by atoms with E-state index in [2.05, 4.69) is 0 Å². The van der Waals surface area contributed by atoms with Crippen molar-refractivity contribution in [3.63, 3.8) is 0 Å². The van der Waals surface area contributed by atoms with Crippen molar-refractivity contribution >= 4 is 29.3 Å². The Labute approximate surface area is 183 Å². The van der Waals surface area contributed by atoms with Gasteiger partial charge in [-0.2, -0.15) is 0 Å². The van der Waals surface area contributed by atoms with E-state index >= 15 is 0 Å². The summed E-state index contributed by atoms with van der Waals surface area (Å²) in [5.41, 5.74) is 1.01. The maximum Gasteiger partial charge on any atom is 0.379 e. The van der Waals surface area contributed by atoms with E-state index in [4.69, 9.17) is 13.9 Å². The first-order valence-electron chi connectivity index (χ1n) is 9.92. The minimum absolute atomic E-state index is 0.0393. The van der Waals surface area contributed by atoms with Crippen molar-refractivity contribution in [2.24, 2.45) is 5.92 Å². The van der Waals surface area contributed by atoms with Gasteiger partial charge in [0.25, 0.3) is 0 Å². The second kappa shape index (κ2) is 9.30. The van der Waals surface area contributed by atoms with Gasteiger partial charge in [0, 0.05) is 24.2 Å². The summed E-state index contributed by atoms with van der Waals surface area (Å²) in [6.45, 7) is -0.230. The number of ether oxygens (including phenoxy) is 2. The maximum absolute atomic E-state index is 12.4. The Morgan fingerprint density at radius 2 is 1.72 bits per heavy atom. The third-order valence-electron chi connectivity index (χ3n) is 4.98. The Hall–Kier alpha value is -4.20. The average Bonchev–Trinajstić information content (AvgIpc) is 3.48. The molecule has 1 fully saturated rings. The number of carbonyl (C=O) groups excluding carboxylic acids is 4.